The number of nitrogens with two attached hydrogens (primary N) is 2. The average Bonchev–Trinajstić information content (AvgIpc) is 3.19. The summed E-state index contributed by atoms with van der Waals surface area (Å²) in [6.45, 7) is 12.6. The van der Waals surface area contributed by atoms with Crippen LogP contribution in [0.1, 0.15) is 122 Å². The van der Waals surface area contributed by atoms with Crippen LogP contribution in [0, 0.1) is 57.7 Å². The molecule has 4 nitrogen and oxygen atoms in total. The summed E-state index contributed by atoms with van der Waals surface area (Å²) in [7, 11) is 0. The van der Waals surface area contributed by atoms with E-state index in [9.17, 15) is 4.79 Å². The third-order valence-electron chi connectivity index (χ3n) is 13.7. The number of carbonyl (C=O) groups excluding carboxylic acids is 1. The van der Waals surface area contributed by atoms with Crippen molar-refractivity contribution in [3.63, 3.8) is 0 Å². The number of benzene rings is 1. The fourth-order valence-corrected chi connectivity index (χ4v) is 12.0. The number of rotatable bonds is 7. The molecule has 0 radical (unpaired) electrons. The summed E-state index contributed by atoms with van der Waals surface area (Å²) in [5.74, 6) is 5.78. The SMILES string of the molecule is CC(C)CCCC(C)C12CCC3C4CCC5CC(OC(=O)c6cc(N)cc(N)c6)CCC5(C)C4CCC31C2C. The van der Waals surface area contributed by atoms with E-state index in [2.05, 4.69) is 34.6 Å². The summed E-state index contributed by atoms with van der Waals surface area (Å²) in [5, 5.41) is 0. The molecule has 0 aliphatic heterocycles. The fourth-order valence-electron chi connectivity index (χ4n) is 12.0. The van der Waals surface area contributed by atoms with E-state index in [0.717, 1.165) is 48.3 Å². The van der Waals surface area contributed by atoms with Gasteiger partial charge in [-0.2, -0.15) is 0 Å². The van der Waals surface area contributed by atoms with Gasteiger partial charge in [0, 0.05) is 11.4 Å². The zero-order valence-corrected chi connectivity index (χ0v) is 25.3. The summed E-state index contributed by atoms with van der Waals surface area (Å²) in [4.78, 5) is 12.9. The number of hydrogen-bond acceptors (Lipinski definition) is 4. The van der Waals surface area contributed by atoms with Crippen LogP contribution in [0.3, 0.4) is 0 Å². The van der Waals surface area contributed by atoms with Crippen LogP contribution in [0.2, 0.25) is 0 Å². The van der Waals surface area contributed by atoms with Gasteiger partial charge in [-0.15, -0.1) is 0 Å². The Morgan fingerprint density at radius 2 is 1.67 bits per heavy atom. The molecule has 0 aromatic heterocycles. The zero-order chi connectivity index (χ0) is 27.7. The third-order valence-corrected chi connectivity index (χ3v) is 13.7. The first-order chi connectivity index (χ1) is 18.5. The summed E-state index contributed by atoms with van der Waals surface area (Å²) in [6, 6.07) is 5.04. The number of hydrogen-bond donors (Lipinski definition) is 2. The maximum Gasteiger partial charge on any atom is 0.338 e. The number of esters is 1. The molecule has 1 aromatic carbocycles. The maximum absolute atomic E-state index is 12.9. The Balaban J connectivity index is 1.12. The quantitative estimate of drug-likeness (QED) is 0.271. The highest BCUT2D eigenvalue weighted by Crippen LogP contribution is 2.88. The molecule has 1 aromatic rings. The van der Waals surface area contributed by atoms with E-state index >= 15 is 0 Å². The van der Waals surface area contributed by atoms with E-state index in [1.807, 2.05) is 0 Å². The Kier molecular flexibility index (Phi) is 6.82. The average molecular weight is 535 g/mol. The predicted octanol–water partition coefficient (Wildman–Crippen LogP) is 8.50. The summed E-state index contributed by atoms with van der Waals surface area (Å²) >= 11 is 0. The Labute approximate surface area is 237 Å². The summed E-state index contributed by atoms with van der Waals surface area (Å²) < 4.78 is 6.06. The van der Waals surface area contributed by atoms with Crippen LogP contribution in [0.4, 0.5) is 11.4 Å². The van der Waals surface area contributed by atoms with Gasteiger partial charge in [-0.3, -0.25) is 0 Å². The Morgan fingerprint density at radius 3 is 2.38 bits per heavy atom. The largest absolute Gasteiger partial charge is 0.459 e. The molecule has 0 bridgehead atoms. The smallest absolute Gasteiger partial charge is 0.338 e. The van der Waals surface area contributed by atoms with Gasteiger partial charge in [-0.25, -0.2) is 4.79 Å². The molecule has 216 valence electrons. The standard InChI is InChI=1S/C35H54N2O2/c1-21(2)7-6-8-22(3)34-15-13-31-29-10-9-25-19-28(39-32(38)24-17-26(36)20-27(37)18-24)11-14-33(25,5)30(29)12-16-35(31,34)23(34)4/h17-18,20-23,25,28-31H,6-16,19,36-37H2,1-5H3. The topological polar surface area (TPSA) is 78.3 Å². The molecule has 5 aliphatic carbocycles. The minimum absolute atomic E-state index is 0.0130. The molecule has 4 N–H and O–H groups in total. The lowest BCUT2D eigenvalue weighted by atomic mass is 9.46. The molecule has 10 unspecified atom stereocenters. The van der Waals surface area contributed by atoms with E-state index in [0.29, 0.717) is 39.1 Å². The van der Waals surface area contributed by atoms with Crippen molar-refractivity contribution in [1.82, 2.24) is 0 Å². The van der Waals surface area contributed by atoms with Crippen molar-refractivity contribution in [3.05, 3.63) is 23.8 Å². The Bertz CT molecular complexity index is 1080. The normalized spacial score (nSPS) is 43.1. The van der Waals surface area contributed by atoms with Gasteiger partial charge in [-0.05, 0) is 134 Å². The van der Waals surface area contributed by atoms with E-state index < -0.39 is 0 Å². The minimum atomic E-state index is -0.275. The van der Waals surface area contributed by atoms with Crippen LogP contribution in [0.15, 0.2) is 18.2 Å². The number of ether oxygens (including phenoxy) is 1. The van der Waals surface area contributed by atoms with Gasteiger partial charge in [-0.1, -0.05) is 53.9 Å². The van der Waals surface area contributed by atoms with Crippen molar-refractivity contribution in [2.45, 2.75) is 118 Å². The van der Waals surface area contributed by atoms with Crippen LogP contribution in [0.25, 0.3) is 0 Å². The van der Waals surface area contributed by atoms with Crippen molar-refractivity contribution in [2.75, 3.05) is 11.5 Å². The molecule has 1 spiro atoms. The number of nitrogen functional groups attached to an aromatic ring is 2. The zero-order valence-electron chi connectivity index (χ0n) is 25.3. The van der Waals surface area contributed by atoms with Crippen molar-refractivity contribution in [2.24, 2.45) is 57.7 Å². The van der Waals surface area contributed by atoms with Crippen LogP contribution < -0.4 is 11.5 Å². The van der Waals surface area contributed by atoms with Gasteiger partial charge in [0.05, 0.1) is 5.56 Å². The molecular weight excluding hydrogens is 480 g/mol. The number of carbonyl (C=O) groups is 1. The van der Waals surface area contributed by atoms with Gasteiger partial charge in [0.2, 0.25) is 0 Å². The Hall–Kier alpha value is -1.71. The number of fused-ring (bicyclic) bond motifs is 4. The molecule has 6 rings (SSSR count). The van der Waals surface area contributed by atoms with Gasteiger partial charge in [0.15, 0.2) is 0 Å². The lowest BCUT2D eigenvalue weighted by Gasteiger charge is -2.59. The van der Waals surface area contributed by atoms with E-state index in [1.54, 1.807) is 18.2 Å². The molecule has 4 heteroatoms. The molecule has 5 fully saturated rings. The first-order valence-corrected chi connectivity index (χ1v) is 16.4. The van der Waals surface area contributed by atoms with Gasteiger partial charge in [0.1, 0.15) is 6.10 Å². The van der Waals surface area contributed by atoms with Crippen molar-refractivity contribution in [1.29, 1.82) is 0 Å². The fraction of sp³-hybridized carbons (Fsp3) is 0.800. The second kappa shape index (κ2) is 9.69. The van der Waals surface area contributed by atoms with Crippen molar-refractivity contribution >= 4 is 17.3 Å². The van der Waals surface area contributed by atoms with Gasteiger partial charge >= 0.3 is 5.97 Å². The molecule has 0 heterocycles. The summed E-state index contributed by atoms with van der Waals surface area (Å²) in [6.07, 6.45) is 16.1. The highest BCUT2D eigenvalue weighted by molar-refractivity contribution is 5.91. The molecule has 39 heavy (non-hydrogen) atoms. The highest BCUT2D eigenvalue weighted by Gasteiger charge is 2.82. The van der Waals surface area contributed by atoms with Crippen molar-refractivity contribution in [3.8, 4) is 0 Å². The van der Waals surface area contributed by atoms with Gasteiger partial charge < -0.3 is 16.2 Å². The second-order valence-electron chi connectivity index (χ2n) is 15.5. The minimum Gasteiger partial charge on any atom is -0.459 e. The van der Waals surface area contributed by atoms with Gasteiger partial charge in [0.25, 0.3) is 0 Å². The lowest BCUT2D eigenvalue weighted by Crippen LogP contribution is -2.53. The van der Waals surface area contributed by atoms with Crippen LogP contribution in [-0.2, 0) is 4.74 Å². The first kappa shape index (κ1) is 27.5. The Morgan fingerprint density at radius 1 is 0.949 bits per heavy atom. The van der Waals surface area contributed by atoms with Crippen LogP contribution >= 0.6 is 0 Å². The predicted molar refractivity (Wildman–Crippen MR) is 160 cm³/mol. The molecule has 0 amide bonds. The molecule has 0 saturated heterocycles. The second-order valence-corrected chi connectivity index (χ2v) is 15.5. The maximum atomic E-state index is 12.9. The first-order valence-electron chi connectivity index (χ1n) is 16.4. The molecule has 10 atom stereocenters. The molecular formula is C35H54N2O2. The van der Waals surface area contributed by atoms with E-state index in [-0.39, 0.29) is 12.1 Å². The van der Waals surface area contributed by atoms with Crippen LogP contribution in [-0.4, -0.2) is 12.1 Å². The highest BCUT2D eigenvalue weighted by atomic mass is 16.5. The van der Waals surface area contributed by atoms with Crippen molar-refractivity contribution < 1.29 is 9.53 Å². The van der Waals surface area contributed by atoms with E-state index in [1.165, 1.54) is 64.2 Å². The third kappa shape index (κ3) is 4.08. The van der Waals surface area contributed by atoms with E-state index in [4.69, 9.17) is 16.2 Å². The summed E-state index contributed by atoms with van der Waals surface area (Å²) in [5.41, 5.74) is 15.1. The number of anilines is 2. The molecule has 5 saturated carbocycles. The monoisotopic (exact) mass is 534 g/mol. The molecule has 5 aliphatic rings. The van der Waals surface area contributed by atoms with Crippen LogP contribution in [0.5, 0.6) is 0 Å². The lowest BCUT2D eigenvalue weighted by molar-refractivity contribution is -0.117.